The van der Waals surface area contributed by atoms with Gasteiger partial charge in [0.25, 0.3) is 0 Å². The van der Waals surface area contributed by atoms with E-state index in [9.17, 15) is 15.0 Å². The number of anilines is 1. The fourth-order valence-corrected chi connectivity index (χ4v) is 1.68. The summed E-state index contributed by atoms with van der Waals surface area (Å²) in [4.78, 5) is 11.3. The number of carbonyl (C=O) groups is 1. The van der Waals surface area contributed by atoms with Crippen LogP contribution in [0.3, 0.4) is 0 Å². The van der Waals surface area contributed by atoms with Crippen LogP contribution in [0.2, 0.25) is 0 Å². The van der Waals surface area contributed by atoms with Gasteiger partial charge in [-0.3, -0.25) is 0 Å². The van der Waals surface area contributed by atoms with Crippen molar-refractivity contribution >= 4 is 11.7 Å². The molecule has 2 aromatic rings. The third-order valence-corrected chi connectivity index (χ3v) is 2.58. The van der Waals surface area contributed by atoms with Crippen molar-refractivity contribution in [3.63, 3.8) is 0 Å². The summed E-state index contributed by atoms with van der Waals surface area (Å²) in [6.07, 6.45) is 0. The summed E-state index contributed by atoms with van der Waals surface area (Å²) in [6, 6.07) is 14.5. The zero-order chi connectivity index (χ0) is 13.0. The van der Waals surface area contributed by atoms with Crippen LogP contribution in [-0.2, 0) is 4.79 Å². The molecule has 2 rings (SSSR count). The zero-order valence-electron chi connectivity index (χ0n) is 9.58. The van der Waals surface area contributed by atoms with E-state index in [0.717, 1.165) is 0 Å². The van der Waals surface area contributed by atoms with E-state index in [1.54, 1.807) is 42.5 Å². The topological polar surface area (TPSA) is 69.6 Å². The zero-order valence-corrected chi connectivity index (χ0v) is 9.58. The van der Waals surface area contributed by atoms with Gasteiger partial charge < -0.3 is 15.5 Å². The minimum Gasteiger partial charge on any atom is -0.506 e. The molecule has 0 fully saturated rings. The number of aromatic hydroxyl groups is 1. The number of benzene rings is 2. The Morgan fingerprint density at radius 3 is 2.22 bits per heavy atom. The maximum absolute atomic E-state index is 11.3. The van der Waals surface area contributed by atoms with Gasteiger partial charge in [0, 0.05) is 0 Å². The van der Waals surface area contributed by atoms with E-state index in [1.807, 2.05) is 6.07 Å². The molecule has 0 amide bonds. The van der Waals surface area contributed by atoms with Crippen LogP contribution in [0.4, 0.5) is 5.69 Å². The Morgan fingerprint density at radius 2 is 1.61 bits per heavy atom. The van der Waals surface area contributed by atoms with Crippen LogP contribution >= 0.6 is 0 Å². The molecule has 0 aliphatic rings. The molecule has 0 bridgehead atoms. The minimum atomic E-state index is -0.996. The first kappa shape index (κ1) is 12.0. The molecule has 18 heavy (non-hydrogen) atoms. The molecule has 92 valence electrons. The predicted molar refractivity (Wildman–Crippen MR) is 68.5 cm³/mol. The molecule has 1 atom stereocenters. The van der Waals surface area contributed by atoms with Gasteiger partial charge in [-0.1, -0.05) is 42.5 Å². The lowest BCUT2D eigenvalue weighted by Crippen LogP contribution is -2.20. The summed E-state index contributed by atoms with van der Waals surface area (Å²) in [7, 11) is 0. The monoisotopic (exact) mass is 243 g/mol. The quantitative estimate of drug-likeness (QED) is 0.722. The number of carboxylic acids is 1. The highest BCUT2D eigenvalue weighted by molar-refractivity contribution is 5.80. The van der Waals surface area contributed by atoms with Crippen LogP contribution in [0.1, 0.15) is 11.6 Å². The Balaban J connectivity index is 2.28. The summed E-state index contributed by atoms with van der Waals surface area (Å²) >= 11 is 0. The van der Waals surface area contributed by atoms with Gasteiger partial charge in [-0.15, -0.1) is 0 Å². The van der Waals surface area contributed by atoms with Crippen LogP contribution in [0, 0.1) is 0 Å². The predicted octanol–water partition coefficient (Wildman–Crippen LogP) is 2.63. The Kier molecular flexibility index (Phi) is 3.48. The number of aliphatic carboxylic acids is 1. The molecule has 0 aromatic heterocycles. The molecule has 0 aliphatic carbocycles. The molecule has 3 N–H and O–H groups in total. The average Bonchev–Trinajstić information content (AvgIpc) is 2.38. The molecule has 2 aromatic carbocycles. The van der Waals surface area contributed by atoms with Crippen molar-refractivity contribution in [3.05, 3.63) is 60.2 Å². The number of hydrogen-bond acceptors (Lipinski definition) is 3. The molecule has 4 heteroatoms. The molecule has 0 saturated heterocycles. The minimum absolute atomic E-state index is 0.0275. The second-order valence-electron chi connectivity index (χ2n) is 3.84. The van der Waals surface area contributed by atoms with Crippen molar-refractivity contribution in [3.8, 4) is 5.75 Å². The number of phenols is 1. The van der Waals surface area contributed by atoms with Gasteiger partial charge in [0.1, 0.15) is 5.75 Å². The summed E-state index contributed by atoms with van der Waals surface area (Å²) in [6.45, 7) is 0. The smallest absolute Gasteiger partial charge is 0.330 e. The first-order valence-electron chi connectivity index (χ1n) is 5.51. The van der Waals surface area contributed by atoms with Crippen molar-refractivity contribution in [2.75, 3.05) is 5.32 Å². The molecule has 0 aliphatic heterocycles. The summed E-state index contributed by atoms with van der Waals surface area (Å²) in [5, 5.41) is 21.7. The molecule has 0 heterocycles. The first-order chi connectivity index (χ1) is 8.68. The van der Waals surface area contributed by atoms with Gasteiger partial charge in [0.15, 0.2) is 6.04 Å². The van der Waals surface area contributed by atoms with E-state index in [0.29, 0.717) is 11.3 Å². The molecule has 0 spiro atoms. The Labute approximate surface area is 105 Å². The highest BCUT2D eigenvalue weighted by atomic mass is 16.4. The third kappa shape index (κ3) is 2.60. The van der Waals surface area contributed by atoms with E-state index in [-0.39, 0.29) is 5.75 Å². The van der Waals surface area contributed by atoms with Gasteiger partial charge in [0.2, 0.25) is 0 Å². The first-order valence-corrected chi connectivity index (χ1v) is 5.51. The number of carboxylic acid groups (broad SMARTS) is 1. The molecule has 1 unspecified atom stereocenters. The summed E-state index contributed by atoms with van der Waals surface area (Å²) in [5.41, 5.74) is 1.03. The molecule has 4 nitrogen and oxygen atoms in total. The Hall–Kier alpha value is -2.49. The molecule has 0 saturated carbocycles. The SMILES string of the molecule is O=C(O)C(Nc1ccccc1O)c1ccccc1. The lowest BCUT2D eigenvalue weighted by molar-refractivity contribution is -0.138. The Bertz CT molecular complexity index is 540. The second-order valence-corrected chi connectivity index (χ2v) is 3.84. The number of hydrogen-bond donors (Lipinski definition) is 3. The third-order valence-electron chi connectivity index (χ3n) is 2.58. The lowest BCUT2D eigenvalue weighted by atomic mass is 10.1. The average molecular weight is 243 g/mol. The van der Waals surface area contributed by atoms with Crippen LogP contribution < -0.4 is 5.32 Å². The number of rotatable bonds is 4. The standard InChI is InChI=1S/C14H13NO3/c16-12-9-5-4-8-11(12)15-13(14(17)18)10-6-2-1-3-7-10/h1-9,13,15-16H,(H,17,18). The highest BCUT2D eigenvalue weighted by Crippen LogP contribution is 2.26. The van der Waals surface area contributed by atoms with Crippen molar-refractivity contribution in [2.24, 2.45) is 0 Å². The van der Waals surface area contributed by atoms with Gasteiger partial charge in [0.05, 0.1) is 5.69 Å². The van der Waals surface area contributed by atoms with Gasteiger partial charge in [-0.2, -0.15) is 0 Å². The molecular formula is C14H13NO3. The van der Waals surface area contributed by atoms with Crippen LogP contribution in [0.15, 0.2) is 54.6 Å². The van der Waals surface area contributed by atoms with Crippen molar-refractivity contribution < 1.29 is 15.0 Å². The van der Waals surface area contributed by atoms with Gasteiger partial charge in [-0.25, -0.2) is 4.79 Å². The lowest BCUT2D eigenvalue weighted by Gasteiger charge is -2.16. The number of para-hydroxylation sites is 2. The van der Waals surface area contributed by atoms with Crippen molar-refractivity contribution in [1.29, 1.82) is 0 Å². The van der Waals surface area contributed by atoms with Crippen molar-refractivity contribution in [1.82, 2.24) is 0 Å². The van der Waals surface area contributed by atoms with E-state index < -0.39 is 12.0 Å². The van der Waals surface area contributed by atoms with Crippen LogP contribution in [0.5, 0.6) is 5.75 Å². The van der Waals surface area contributed by atoms with E-state index >= 15 is 0 Å². The van der Waals surface area contributed by atoms with Gasteiger partial charge >= 0.3 is 5.97 Å². The highest BCUT2D eigenvalue weighted by Gasteiger charge is 2.20. The van der Waals surface area contributed by atoms with Crippen LogP contribution in [0.25, 0.3) is 0 Å². The largest absolute Gasteiger partial charge is 0.506 e. The summed E-state index contributed by atoms with van der Waals surface area (Å²) in [5.74, 6) is -0.968. The maximum Gasteiger partial charge on any atom is 0.330 e. The summed E-state index contributed by atoms with van der Waals surface area (Å²) < 4.78 is 0. The van der Waals surface area contributed by atoms with E-state index in [2.05, 4.69) is 5.32 Å². The Morgan fingerprint density at radius 1 is 1.00 bits per heavy atom. The second kappa shape index (κ2) is 5.23. The fraction of sp³-hybridized carbons (Fsp3) is 0.0714. The van der Waals surface area contributed by atoms with E-state index in [1.165, 1.54) is 6.07 Å². The fourth-order valence-electron chi connectivity index (χ4n) is 1.68. The molecular weight excluding hydrogens is 230 g/mol. The molecule has 0 radical (unpaired) electrons. The normalized spacial score (nSPS) is 11.8. The van der Waals surface area contributed by atoms with Crippen LogP contribution in [-0.4, -0.2) is 16.2 Å². The maximum atomic E-state index is 11.3. The number of nitrogens with one attached hydrogen (secondary N) is 1. The van der Waals surface area contributed by atoms with Crippen molar-refractivity contribution in [2.45, 2.75) is 6.04 Å². The van der Waals surface area contributed by atoms with E-state index in [4.69, 9.17) is 0 Å². The number of phenolic OH excluding ortho intramolecular Hbond substituents is 1. The van der Waals surface area contributed by atoms with Gasteiger partial charge in [-0.05, 0) is 17.7 Å².